The van der Waals surface area contributed by atoms with Gasteiger partial charge in [0.25, 0.3) is 0 Å². The lowest BCUT2D eigenvalue weighted by atomic mass is 10.1. The molecule has 0 atom stereocenters. The van der Waals surface area contributed by atoms with Crippen LogP contribution in [0.3, 0.4) is 0 Å². The highest BCUT2D eigenvalue weighted by Gasteiger charge is 2.09. The zero-order valence-electron chi connectivity index (χ0n) is 12.5. The van der Waals surface area contributed by atoms with Gasteiger partial charge in [0.05, 0.1) is 12.1 Å². The van der Waals surface area contributed by atoms with Gasteiger partial charge in [-0.15, -0.1) is 11.3 Å². The third-order valence-electron chi connectivity index (χ3n) is 3.21. The van der Waals surface area contributed by atoms with Crippen molar-refractivity contribution in [2.45, 2.75) is 20.3 Å². The molecular weight excluding hydrogens is 294 g/mol. The van der Waals surface area contributed by atoms with E-state index in [0.717, 1.165) is 27.6 Å². The van der Waals surface area contributed by atoms with E-state index >= 15 is 0 Å². The standard InChI is InChI=1S/C17H17N3OS/c1-12-7-13(2)9-14(8-12)18-16(21)10-15-11-22-17(19-15)20-5-3-4-6-20/h3-9,11H,10H2,1-2H3,(H,18,21). The van der Waals surface area contributed by atoms with Crippen LogP contribution in [-0.2, 0) is 11.2 Å². The highest BCUT2D eigenvalue weighted by atomic mass is 32.1. The number of rotatable bonds is 4. The topological polar surface area (TPSA) is 46.9 Å². The zero-order valence-corrected chi connectivity index (χ0v) is 13.4. The Balaban J connectivity index is 1.67. The lowest BCUT2D eigenvalue weighted by Gasteiger charge is -2.06. The van der Waals surface area contributed by atoms with Crippen molar-refractivity contribution in [3.63, 3.8) is 0 Å². The molecule has 0 aliphatic heterocycles. The van der Waals surface area contributed by atoms with Crippen LogP contribution in [0.4, 0.5) is 5.69 Å². The Morgan fingerprint density at radius 1 is 1.18 bits per heavy atom. The third-order valence-corrected chi connectivity index (χ3v) is 4.11. The number of nitrogens with zero attached hydrogens (tertiary/aromatic N) is 2. The average Bonchev–Trinajstić information content (AvgIpc) is 3.07. The second kappa shape index (κ2) is 6.15. The molecule has 2 heterocycles. The third kappa shape index (κ3) is 3.43. The van der Waals surface area contributed by atoms with Gasteiger partial charge in [-0.05, 0) is 49.2 Å². The maximum atomic E-state index is 12.1. The Labute approximate surface area is 133 Å². The van der Waals surface area contributed by atoms with Crippen LogP contribution in [0.25, 0.3) is 5.13 Å². The fourth-order valence-electron chi connectivity index (χ4n) is 2.37. The summed E-state index contributed by atoms with van der Waals surface area (Å²) in [6, 6.07) is 9.93. The Hall–Kier alpha value is -2.40. The summed E-state index contributed by atoms with van der Waals surface area (Å²) in [7, 11) is 0. The van der Waals surface area contributed by atoms with Gasteiger partial charge in [0, 0.05) is 23.5 Å². The first-order valence-corrected chi connectivity index (χ1v) is 7.94. The van der Waals surface area contributed by atoms with Crippen LogP contribution < -0.4 is 5.32 Å². The minimum Gasteiger partial charge on any atom is -0.326 e. The molecule has 4 nitrogen and oxygen atoms in total. The van der Waals surface area contributed by atoms with Gasteiger partial charge in [-0.25, -0.2) is 4.98 Å². The molecule has 3 rings (SSSR count). The molecule has 1 aromatic carbocycles. The van der Waals surface area contributed by atoms with Gasteiger partial charge in [0.15, 0.2) is 5.13 Å². The Morgan fingerprint density at radius 3 is 2.55 bits per heavy atom. The Morgan fingerprint density at radius 2 is 1.86 bits per heavy atom. The summed E-state index contributed by atoms with van der Waals surface area (Å²) in [4.78, 5) is 16.6. The van der Waals surface area contributed by atoms with E-state index in [-0.39, 0.29) is 12.3 Å². The second-order valence-electron chi connectivity index (χ2n) is 5.31. The van der Waals surface area contributed by atoms with E-state index in [2.05, 4.69) is 16.4 Å². The molecule has 0 aliphatic rings. The van der Waals surface area contributed by atoms with Gasteiger partial charge in [-0.2, -0.15) is 0 Å². The van der Waals surface area contributed by atoms with Crippen molar-refractivity contribution in [3.05, 3.63) is 64.9 Å². The van der Waals surface area contributed by atoms with E-state index in [1.54, 1.807) is 0 Å². The minimum atomic E-state index is -0.0469. The molecule has 0 spiro atoms. The molecule has 22 heavy (non-hydrogen) atoms. The van der Waals surface area contributed by atoms with Gasteiger partial charge in [-0.3, -0.25) is 4.79 Å². The predicted octanol–water partition coefficient (Wildman–Crippen LogP) is 3.73. The number of aromatic nitrogens is 2. The molecule has 2 aromatic heterocycles. The Bertz CT molecular complexity index is 770. The first kappa shape index (κ1) is 14.5. The van der Waals surface area contributed by atoms with Crippen molar-refractivity contribution in [1.29, 1.82) is 0 Å². The fourth-order valence-corrected chi connectivity index (χ4v) is 3.17. The van der Waals surface area contributed by atoms with Crippen molar-refractivity contribution in [2.24, 2.45) is 0 Å². The molecule has 1 amide bonds. The lowest BCUT2D eigenvalue weighted by molar-refractivity contribution is -0.115. The summed E-state index contributed by atoms with van der Waals surface area (Å²) in [5.74, 6) is -0.0469. The summed E-state index contributed by atoms with van der Waals surface area (Å²) < 4.78 is 1.94. The van der Waals surface area contributed by atoms with Crippen molar-refractivity contribution in [2.75, 3.05) is 5.32 Å². The second-order valence-corrected chi connectivity index (χ2v) is 6.15. The lowest BCUT2D eigenvalue weighted by Crippen LogP contribution is -2.14. The predicted molar refractivity (Wildman–Crippen MR) is 89.7 cm³/mol. The van der Waals surface area contributed by atoms with Crippen LogP contribution >= 0.6 is 11.3 Å². The summed E-state index contributed by atoms with van der Waals surface area (Å²) >= 11 is 1.53. The number of thiazole rings is 1. The number of carbonyl (C=O) groups excluding carboxylic acids is 1. The van der Waals surface area contributed by atoms with E-state index in [1.807, 2.05) is 60.5 Å². The molecule has 0 aliphatic carbocycles. The largest absolute Gasteiger partial charge is 0.326 e. The number of anilines is 1. The number of hydrogen-bond acceptors (Lipinski definition) is 3. The number of amides is 1. The van der Waals surface area contributed by atoms with Gasteiger partial charge in [0.2, 0.25) is 5.91 Å². The van der Waals surface area contributed by atoms with Crippen molar-refractivity contribution >= 4 is 22.9 Å². The van der Waals surface area contributed by atoms with E-state index in [0.29, 0.717) is 0 Å². The molecule has 0 radical (unpaired) electrons. The molecule has 3 aromatic rings. The fraction of sp³-hybridized carbons (Fsp3) is 0.176. The maximum absolute atomic E-state index is 12.1. The number of nitrogens with one attached hydrogen (secondary N) is 1. The van der Waals surface area contributed by atoms with Crippen molar-refractivity contribution in [1.82, 2.24) is 9.55 Å². The molecule has 5 heteroatoms. The molecule has 112 valence electrons. The molecule has 0 unspecified atom stereocenters. The van der Waals surface area contributed by atoms with Gasteiger partial charge in [0.1, 0.15) is 0 Å². The average molecular weight is 311 g/mol. The van der Waals surface area contributed by atoms with Crippen LogP contribution in [0.1, 0.15) is 16.8 Å². The van der Waals surface area contributed by atoms with Crippen molar-refractivity contribution < 1.29 is 4.79 Å². The first-order chi connectivity index (χ1) is 10.6. The van der Waals surface area contributed by atoms with Gasteiger partial charge >= 0.3 is 0 Å². The normalized spacial score (nSPS) is 10.6. The molecule has 0 saturated carbocycles. The van der Waals surface area contributed by atoms with Crippen LogP contribution in [0, 0.1) is 13.8 Å². The summed E-state index contributed by atoms with van der Waals surface area (Å²) in [6.45, 7) is 4.04. The van der Waals surface area contributed by atoms with Crippen molar-refractivity contribution in [3.8, 4) is 5.13 Å². The van der Waals surface area contributed by atoms with E-state index in [9.17, 15) is 4.79 Å². The van der Waals surface area contributed by atoms with Crippen LogP contribution in [0.15, 0.2) is 48.1 Å². The first-order valence-electron chi connectivity index (χ1n) is 7.06. The minimum absolute atomic E-state index is 0.0469. The smallest absolute Gasteiger partial charge is 0.230 e. The number of benzene rings is 1. The van der Waals surface area contributed by atoms with E-state index < -0.39 is 0 Å². The SMILES string of the molecule is Cc1cc(C)cc(NC(=O)Cc2csc(-n3cccc3)n2)c1. The highest BCUT2D eigenvalue weighted by molar-refractivity contribution is 7.12. The Kier molecular flexibility index (Phi) is 4.06. The monoisotopic (exact) mass is 311 g/mol. The van der Waals surface area contributed by atoms with Crippen LogP contribution in [0.5, 0.6) is 0 Å². The molecule has 0 fully saturated rings. The van der Waals surface area contributed by atoms with E-state index in [1.165, 1.54) is 11.3 Å². The quantitative estimate of drug-likeness (QED) is 0.798. The maximum Gasteiger partial charge on any atom is 0.230 e. The van der Waals surface area contributed by atoms with Gasteiger partial charge in [-0.1, -0.05) is 6.07 Å². The van der Waals surface area contributed by atoms with Crippen LogP contribution in [0.2, 0.25) is 0 Å². The molecule has 1 N–H and O–H groups in total. The number of carbonyl (C=O) groups is 1. The zero-order chi connectivity index (χ0) is 15.5. The molecule has 0 bridgehead atoms. The van der Waals surface area contributed by atoms with Gasteiger partial charge < -0.3 is 9.88 Å². The molecular formula is C17H17N3OS. The van der Waals surface area contributed by atoms with E-state index in [4.69, 9.17) is 0 Å². The summed E-state index contributed by atoms with van der Waals surface area (Å²) in [5, 5.41) is 5.74. The highest BCUT2D eigenvalue weighted by Crippen LogP contribution is 2.17. The number of aryl methyl sites for hydroxylation is 2. The number of hydrogen-bond donors (Lipinski definition) is 1. The summed E-state index contributed by atoms with van der Waals surface area (Å²) in [5.41, 5.74) is 3.90. The van der Waals surface area contributed by atoms with Crippen LogP contribution in [-0.4, -0.2) is 15.5 Å². The summed E-state index contributed by atoms with van der Waals surface area (Å²) in [6.07, 6.45) is 4.17. The molecule has 0 saturated heterocycles.